The third-order valence-corrected chi connectivity index (χ3v) is 13.3. The second-order valence-electron chi connectivity index (χ2n) is 15.2. The topological polar surface area (TPSA) is 174 Å². The number of rotatable bonds is 17. The zero-order chi connectivity index (χ0) is 38.1. The zero-order valence-corrected chi connectivity index (χ0v) is 32.8. The van der Waals surface area contributed by atoms with Crippen LogP contribution in [-0.4, -0.2) is 98.0 Å². The lowest BCUT2D eigenvalue weighted by atomic mass is 9.86. The highest BCUT2D eigenvalue weighted by Gasteiger charge is 2.47. The number of likely N-dealkylation sites (tertiary alicyclic amines) is 1. The van der Waals surface area contributed by atoms with E-state index in [4.69, 9.17) is 0 Å². The lowest BCUT2D eigenvalue weighted by Crippen LogP contribution is -2.61. The van der Waals surface area contributed by atoms with Gasteiger partial charge in [-0.05, 0) is 60.3 Å². The number of carbonyl (C=O) groups excluding carboxylic acids is 5. The molecule has 5 amide bonds. The summed E-state index contributed by atoms with van der Waals surface area (Å²) < 4.78 is 27.8. The number of nitrogens with one attached hydrogen (secondary N) is 4. The van der Waals surface area contributed by atoms with Gasteiger partial charge < -0.3 is 26.2 Å². The third-order valence-electron chi connectivity index (χ3n) is 10.1. The van der Waals surface area contributed by atoms with E-state index in [1.807, 2.05) is 41.5 Å². The van der Waals surface area contributed by atoms with E-state index in [9.17, 15) is 32.4 Å². The molecule has 1 aliphatic heterocycles. The van der Waals surface area contributed by atoms with Crippen molar-refractivity contribution >= 4 is 50.9 Å². The molecule has 5 atom stereocenters. The number of amides is 5. The van der Waals surface area contributed by atoms with Gasteiger partial charge in [-0.3, -0.25) is 19.2 Å². The number of Topliss-reactive ketones (excluding diaryl/α,β-unsaturated/α-hetero) is 1. The molecule has 0 bridgehead atoms. The van der Waals surface area contributed by atoms with E-state index < -0.39 is 63.2 Å². The van der Waals surface area contributed by atoms with E-state index in [0.29, 0.717) is 19.4 Å². The molecule has 2 fully saturated rings. The standard InChI is InChI=1S/C36H58N6O7S2/c1-9-14-26(31(43)33(45)37-19-10-2)38-32(44)30-25(23(3)4)18-20-42(30)34(46)29(24-15-11-12-16-24)40-35(47)39-27(36(5,6)7)22-41(8)51(48,49)28-17-13-21-50-28/h10,13,17,21,23-27,29-30H,2,9,11-12,14-16,18-20,22H2,1,3-8H3,(H,37,45)(H,38,44)(H2,39,40,47)/t25-,26?,27-,29+,30+/m1/s1. The number of urea groups is 1. The Kier molecular flexibility index (Phi) is 15.2. The summed E-state index contributed by atoms with van der Waals surface area (Å²) in [6.07, 6.45) is 6.08. The minimum atomic E-state index is -3.77. The van der Waals surface area contributed by atoms with Gasteiger partial charge in [-0.25, -0.2) is 13.2 Å². The third kappa shape index (κ3) is 10.9. The summed E-state index contributed by atoms with van der Waals surface area (Å²) in [6.45, 7) is 15.5. The molecule has 0 radical (unpaired) electrons. The molecule has 51 heavy (non-hydrogen) atoms. The first-order chi connectivity index (χ1) is 23.9. The molecular weight excluding hydrogens is 693 g/mol. The van der Waals surface area contributed by atoms with Crippen LogP contribution in [0.25, 0.3) is 0 Å². The lowest BCUT2D eigenvalue weighted by molar-refractivity contribution is -0.144. The summed E-state index contributed by atoms with van der Waals surface area (Å²) in [5.41, 5.74) is -0.541. The predicted octanol–water partition coefficient (Wildman–Crippen LogP) is 3.67. The maximum atomic E-state index is 14.5. The van der Waals surface area contributed by atoms with Crippen molar-refractivity contribution in [2.24, 2.45) is 23.2 Å². The van der Waals surface area contributed by atoms with Crippen LogP contribution in [0.5, 0.6) is 0 Å². The maximum Gasteiger partial charge on any atom is 0.315 e. The molecule has 1 saturated heterocycles. The molecule has 15 heteroatoms. The Morgan fingerprint density at radius 3 is 2.29 bits per heavy atom. The largest absolute Gasteiger partial charge is 0.346 e. The maximum absolute atomic E-state index is 14.5. The van der Waals surface area contributed by atoms with Crippen LogP contribution in [0.4, 0.5) is 4.79 Å². The van der Waals surface area contributed by atoms with Gasteiger partial charge in [-0.15, -0.1) is 17.9 Å². The first-order valence-electron chi connectivity index (χ1n) is 18.0. The van der Waals surface area contributed by atoms with Crippen molar-refractivity contribution in [2.45, 2.75) is 115 Å². The molecule has 1 aromatic heterocycles. The first-order valence-corrected chi connectivity index (χ1v) is 20.4. The van der Waals surface area contributed by atoms with E-state index in [2.05, 4.69) is 27.8 Å². The number of carbonyl (C=O) groups is 5. The number of sulfonamides is 1. The molecule has 1 saturated carbocycles. The van der Waals surface area contributed by atoms with Crippen LogP contribution in [0, 0.1) is 23.2 Å². The van der Waals surface area contributed by atoms with Gasteiger partial charge in [0.15, 0.2) is 0 Å². The Morgan fingerprint density at radius 2 is 1.75 bits per heavy atom. The minimum absolute atomic E-state index is 0.00684. The van der Waals surface area contributed by atoms with E-state index >= 15 is 0 Å². The fourth-order valence-electron chi connectivity index (χ4n) is 6.97. The van der Waals surface area contributed by atoms with Gasteiger partial charge >= 0.3 is 6.03 Å². The van der Waals surface area contributed by atoms with Crippen molar-refractivity contribution in [2.75, 3.05) is 26.7 Å². The van der Waals surface area contributed by atoms with E-state index in [1.54, 1.807) is 17.5 Å². The number of hydrogen-bond acceptors (Lipinski definition) is 8. The molecule has 4 N–H and O–H groups in total. The highest BCUT2D eigenvalue weighted by molar-refractivity contribution is 7.91. The molecule has 13 nitrogen and oxygen atoms in total. The van der Waals surface area contributed by atoms with Gasteiger partial charge in [0.25, 0.3) is 15.9 Å². The number of ketones is 1. The van der Waals surface area contributed by atoms with Gasteiger partial charge in [0.05, 0.1) is 6.04 Å². The summed E-state index contributed by atoms with van der Waals surface area (Å²) >= 11 is 1.12. The Hall–Kier alpha value is -3.30. The van der Waals surface area contributed by atoms with Gasteiger partial charge in [0, 0.05) is 32.7 Å². The quantitative estimate of drug-likeness (QED) is 0.139. The fourth-order valence-corrected chi connectivity index (χ4v) is 9.36. The molecule has 1 aromatic rings. The van der Waals surface area contributed by atoms with Crippen molar-refractivity contribution in [1.82, 2.24) is 30.5 Å². The molecule has 0 spiro atoms. The van der Waals surface area contributed by atoms with Gasteiger partial charge in [-0.1, -0.05) is 72.9 Å². The van der Waals surface area contributed by atoms with Crippen LogP contribution in [0.2, 0.25) is 0 Å². The summed E-state index contributed by atoms with van der Waals surface area (Å²) in [5, 5.41) is 12.9. The second kappa shape index (κ2) is 18.5. The highest BCUT2D eigenvalue weighted by Crippen LogP contribution is 2.35. The summed E-state index contributed by atoms with van der Waals surface area (Å²) in [4.78, 5) is 69.4. The van der Waals surface area contributed by atoms with Gasteiger partial charge in [-0.2, -0.15) is 4.31 Å². The van der Waals surface area contributed by atoms with Crippen molar-refractivity contribution in [3.8, 4) is 0 Å². The number of nitrogens with zero attached hydrogens (tertiary/aromatic N) is 2. The lowest BCUT2D eigenvalue weighted by Gasteiger charge is -2.36. The van der Waals surface area contributed by atoms with Crippen molar-refractivity contribution in [3.63, 3.8) is 0 Å². The van der Waals surface area contributed by atoms with Crippen LogP contribution in [0.1, 0.15) is 86.5 Å². The normalized spacial score (nSPS) is 20.1. The Balaban J connectivity index is 1.84. The molecule has 3 rings (SSSR count). The molecule has 1 aliphatic carbocycles. The van der Waals surface area contributed by atoms with Crippen LogP contribution in [0.3, 0.4) is 0 Å². The molecule has 2 heterocycles. The zero-order valence-electron chi connectivity index (χ0n) is 31.2. The Bertz CT molecular complexity index is 1490. The van der Waals surface area contributed by atoms with Gasteiger partial charge in [0.1, 0.15) is 16.3 Å². The van der Waals surface area contributed by atoms with Gasteiger partial charge in [0.2, 0.25) is 17.6 Å². The smallest absolute Gasteiger partial charge is 0.315 e. The van der Waals surface area contributed by atoms with Crippen molar-refractivity contribution in [1.29, 1.82) is 0 Å². The fraction of sp³-hybridized carbons (Fsp3) is 0.694. The second-order valence-corrected chi connectivity index (χ2v) is 18.4. The summed E-state index contributed by atoms with van der Waals surface area (Å²) in [5.74, 6) is -2.76. The SMILES string of the molecule is C=CCNC(=O)C(=O)C(CCC)NC(=O)[C@@H]1[C@@H](C(C)C)CCN1C(=O)[C@@H](NC(=O)N[C@H](CN(C)S(=O)(=O)c1cccs1)C(C)(C)C)C1CCCC1. The number of hydrogen-bond donors (Lipinski definition) is 4. The molecular formula is C36H58N6O7S2. The number of thiophene rings is 1. The van der Waals surface area contributed by atoms with Crippen LogP contribution in [-0.2, 0) is 29.2 Å². The summed E-state index contributed by atoms with van der Waals surface area (Å²) in [7, 11) is -2.29. The first kappa shape index (κ1) is 42.1. The minimum Gasteiger partial charge on any atom is -0.346 e. The van der Waals surface area contributed by atoms with E-state index in [0.717, 1.165) is 37.0 Å². The van der Waals surface area contributed by atoms with Crippen LogP contribution >= 0.6 is 11.3 Å². The van der Waals surface area contributed by atoms with Crippen molar-refractivity contribution < 1.29 is 32.4 Å². The Morgan fingerprint density at radius 1 is 1.08 bits per heavy atom. The van der Waals surface area contributed by atoms with E-state index in [1.165, 1.54) is 22.3 Å². The molecule has 2 aliphatic rings. The average molecular weight is 751 g/mol. The number of likely N-dealkylation sites (N-methyl/N-ethyl adjacent to an activating group) is 1. The van der Waals surface area contributed by atoms with Crippen molar-refractivity contribution in [3.05, 3.63) is 30.2 Å². The predicted molar refractivity (Wildman–Crippen MR) is 198 cm³/mol. The Labute approximate surface area is 307 Å². The summed E-state index contributed by atoms with van der Waals surface area (Å²) in [6, 6.07) is -0.857. The van der Waals surface area contributed by atoms with Crippen LogP contribution in [0.15, 0.2) is 34.4 Å². The van der Waals surface area contributed by atoms with Crippen LogP contribution < -0.4 is 21.3 Å². The highest BCUT2D eigenvalue weighted by atomic mass is 32.2. The molecule has 1 unspecified atom stereocenters. The van der Waals surface area contributed by atoms with E-state index in [-0.39, 0.29) is 47.4 Å². The monoisotopic (exact) mass is 750 g/mol. The molecule has 0 aromatic carbocycles. The molecule has 286 valence electrons. The average Bonchev–Trinajstić information content (AvgIpc) is 3.87.